The lowest BCUT2D eigenvalue weighted by molar-refractivity contribution is -0.120. The summed E-state index contributed by atoms with van der Waals surface area (Å²) < 4.78 is 27.9. The van der Waals surface area contributed by atoms with Crippen LogP contribution in [0, 0.1) is 17.6 Å². The summed E-state index contributed by atoms with van der Waals surface area (Å²) in [6.07, 6.45) is 6.18. The first-order chi connectivity index (χ1) is 14.0. The van der Waals surface area contributed by atoms with Gasteiger partial charge in [0.15, 0.2) is 0 Å². The van der Waals surface area contributed by atoms with Gasteiger partial charge >= 0.3 is 0 Å². The van der Waals surface area contributed by atoms with E-state index in [1.165, 1.54) is 17.4 Å². The van der Waals surface area contributed by atoms with Crippen molar-refractivity contribution in [2.24, 2.45) is 5.92 Å². The molecule has 0 saturated heterocycles. The van der Waals surface area contributed by atoms with Crippen molar-refractivity contribution >= 4 is 23.2 Å². The molecule has 1 saturated carbocycles. The Kier molecular flexibility index (Phi) is 5.60. The monoisotopic (exact) mass is 398 g/mol. The van der Waals surface area contributed by atoms with Gasteiger partial charge < -0.3 is 10.2 Å². The van der Waals surface area contributed by atoms with Gasteiger partial charge in [-0.25, -0.2) is 8.78 Å². The first-order valence-electron chi connectivity index (χ1n) is 10.2. The molecule has 29 heavy (non-hydrogen) atoms. The Morgan fingerprint density at radius 2 is 1.79 bits per heavy atom. The van der Waals surface area contributed by atoms with Crippen LogP contribution in [0.15, 0.2) is 36.4 Å². The molecule has 2 aromatic rings. The molecule has 0 atom stereocenters. The Morgan fingerprint density at radius 1 is 1.00 bits per heavy atom. The van der Waals surface area contributed by atoms with E-state index in [9.17, 15) is 18.4 Å². The zero-order chi connectivity index (χ0) is 20.4. The Morgan fingerprint density at radius 3 is 2.59 bits per heavy atom. The van der Waals surface area contributed by atoms with Gasteiger partial charge in [-0.2, -0.15) is 0 Å². The summed E-state index contributed by atoms with van der Waals surface area (Å²) in [7, 11) is 0. The fourth-order valence-corrected chi connectivity index (χ4v) is 4.32. The number of nitrogens with one attached hydrogen (secondary N) is 1. The van der Waals surface area contributed by atoms with E-state index in [0.717, 1.165) is 31.7 Å². The van der Waals surface area contributed by atoms with Gasteiger partial charge in [0.2, 0.25) is 5.91 Å². The molecule has 1 fully saturated rings. The number of benzene rings is 2. The minimum Gasteiger partial charge on any atom is -0.326 e. The van der Waals surface area contributed by atoms with Gasteiger partial charge in [0.1, 0.15) is 11.6 Å². The molecule has 2 amide bonds. The van der Waals surface area contributed by atoms with Crippen LogP contribution in [0.4, 0.5) is 20.2 Å². The topological polar surface area (TPSA) is 49.4 Å². The summed E-state index contributed by atoms with van der Waals surface area (Å²) in [5.74, 6) is -1.64. The highest BCUT2D eigenvalue weighted by molar-refractivity contribution is 6.07. The third kappa shape index (κ3) is 4.16. The molecule has 0 unspecified atom stereocenters. The zero-order valence-electron chi connectivity index (χ0n) is 16.2. The number of carbonyl (C=O) groups excluding carboxylic acids is 2. The van der Waals surface area contributed by atoms with E-state index in [-0.39, 0.29) is 23.4 Å². The molecule has 4 nitrogen and oxygen atoms in total. The van der Waals surface area contributed by atoms with E-state index in [4.69, 9.17) is 0 Å². The molecule has 0 spiro atoms. The molecule has 0 bridgehead atoms. The molecular formula is C23H24F2N2O2. The van der Waals surface area contributed by atoms with E-state index < -0.39 is 11.6 Å². The van der Waals surface area contributed by atoms with E-state index in [1.54, 1.807) is 24.3 Å². The highest BCUT2D eigenvalue weighted by Crippen LogP contribution is 2.32. The van der Waals surface area contributed by atoms with E-state index in [1.807, 2.05) is 0 Å². The second-order valence-electron chi connectivity index (χ2n) is 7.85. The molecule has 1 aliphatic heterocycles. The largest absolute Gasteiger partial charge is 0.326 e. The van der Waals surface area contributed by atoms with Crippen molar-refractivity contribution in [3.63, 3.8) is 0 Å². The van der Waals surface area contributed by atoms with Crippen molar-refractivity contribution in [2.45, 2.75) is 44.9 Å². The summed E-state index contributed by atoms with van der Waals surface area (Å²) in [5, 5.41) is 2.92. The van der Waals surface area contributed by atoms with Gasteiger partial charge in [-0.1, -0.05) is 25.3 Å². The van der Waals surface area contributed by atoms with Crippen LogP contribution in [0.3, 0.4) is 0 Å². The third-order valence-corrected chi connectivity index (χ3v) is 5.83. The van der Waals surface area contributed by atoms with Crippen molar-refractivity contribution in [3.05, 3.63) is 59.2 Å². The smallest absolute Gasteiger partial charge is 0.258 e. The summed E-state index contributed by atoms with van der Waals surface area (Å²) in [6.45, 7) is 0.396. The highest BCUT2D eigenvalue weighted by atomic mass is 19.1. The molecule has 2 aromatic carbocycles. The van der Waals surface area contributed by atoms with Crippen molar-refractivity contribution in [1.82, 2.24) is 0 Å². The first kappa shape index (κ1) is 19.6. The summed E-state index contributed by atoms with van der Waals surface area (Å²) >= 11 is 0. The molecule has 0 radical (unpaired) electrons. The lowest BCUT2D eigenvalue weighted by Crippen LogP contribution is -2.36. The molecule has 2 aliphatic rings. The zero-order valence-corrected chi connectivity index (χ0v) is 16.2. The Balaban J connectivity index is 1.55. The Bertz CT molecular complexity index is 938. The van der Waals surface area contributed by atoms with Gasteiger partial charge in [-0.05, 0) is 49.9 Å². The Hall–Kier alpha value is -2.76. The minimum atomic E-state index is -0.700. The van der Waals surface area contributed by atoms with Crippen LogP contribution in [0.1, 0.15) is 54.4 Å². The van der Waals surface area contributed by atoms with Crippen molar-refractivity contribution < 1.29 is 18.4 Å². The van der Waals surface area contributed by atoms with Crippen molar-refractivity contribution in [2.75, 3.05) is 16.8 Å². The average Bonchev–Trinajstić information content (AvgIpc) is 2.73. The van der Waals surface area contributed by atoms with E-state index >= 15 is 0 Å². The molecule has 1 N–H and O–H groups in total. The number of carbonyl (C=O) groups is 2. The number of nitrogens with zero attached hydrogens (tertiary/aromatic N) is 1. The summed E-state index contributed by atoms with van der Waals surface area (Å²) in [5.41, 5.74) is 1.60. The van der Waals surface area contributed by atoms with Crippen LogP contribution in [0.5, 0.6) is 0 Å². The number of hydrogen-bond donors (Lipinski definition) is 1. The summed E-state index contributed by atoms with van der Waals surface area (Å²) in [6, 6.07) is 8.82. The number of amides is 2. The molecule has 1 heterocycles. The highest BCUT2D eigenvalue weighted by Gasteiger charge is 2.27. The van der Waals surface area contributed by atoms with Gasteiger partial charge in [0, 0.05) is 35.3 Å². The van der Waals surface area contributed by atoms with Crippen LogP contribution in [0.2, 0.25) is 0 Å². The lowest BCUT2D eigenvalue weighted by atomic mass is 9.88. The van der Waals surface area contributed by atoms with Crippen LogP contribution in [0.25, 0.3) is 0 Å². The quantitative estimate of drug-likeness (QED) is 0.784. The molecule has 4 rings (SSSR count). The second-order valence-corrected chi connectivity index (χ2v) is 7.85. The maximum atomic E-state index is 14.1. The number of anilines is 2. The maximum absolute atomic E-state index is 14.1. The molecule has 152 valence electrons. The number of rotatable bonds is 3. The van der Waals surface area contributed by atoms with Crippen LogP contribution in [-0.4, -0.2) is 18.4 Å². The predicted octanol–water partition coefficient (Wildman–Crippen LogP) is 5.08. The molecular weight excluding hydrogens is 374 g/mol. The van der Waals surface area contributed by atoms with Gasteiger partial charge in [0.05, 0.1) is 5.69 Å². The normalized spacial score (nSPS) is 17.0. The number of fused-ring (bicyclic) bond motifs is 1. The summed E-state index contributed by atoms with van der Waals surface area (Å²) in [4.78, 5) is 27.0. The van der Waals surface area contributed by atoms with Crippen molar-refractivity contribution in [3.8, 4) is 0 Å². The minimum absolute atomic E-state index is 0.0123. The third-order valence-electron chi connectivity index (χ3n) is 5.83. The van der Waals surface area contributed by atoms with Gasteiger partial charge in [-0.3, -0.25) is 9.59 Å². The fraction of sp³-hybridized carbons (Fsp3) is 0.391. The standard InChI is InChI=1S/C23H24F2N2O2/c24-17-13-20(25)19-10-5-11-27(21(19)14-17)23(29)16-8-4-9-18(12-16)26-22(28)15-6-2-1-3-7-15/h4,8-9,12-15H,1-3,5-7,10-11H2,(H,26,28). The SMILES string of the molecule is O=C(Nc1cccc(C(=O)N2CCCc3c(F)cc(F)cc32)c1)C1CCCCC1. The van der Waals surface area contributed by atoms with Crippen LogP contribution in [-0.2, 0) is 11.2 Å². The van der Waals surface area contributed by atoms with Crippen LogP contribution < -0.4 is 10.2 Å². The van der Waals surface area contributed by atoms with E-state index in [0.29, 0.717) is 36.2 Å². The number of hydrogen-bond acceptors (Lipinski definition) is 2. The van der Waals surface area contributed by atoms with E-state index in [2.05, 4.69) is 5.32 Å². The second kappa shape index (κ2) is 8.31. The number of halogens is 2. The first-order valence-corrected chi connectivity index (χ1v) is 10.2. The fourth-order valence-electron chi connectivity index (χ4n) is 4.32. The van der Waals surface area contributed by atoms with Gasteiger partial charge in [0.25, 0.3) is 5.91 Å². The van der Waals surface area contributed by atoms with Gasteiger partial charge in [-0.15, -0.1) is 0 Å². The maximum Gasteiger partial charge on any atom is 0.258 e. The molecule has 0 aromatic heterocycles. The average molecular weight is 398 g/mol. The molecule has 1 aliphatic carbocycles. The van der Waals surface area contributed by atoms with Crippen LogP contribution >= 0.6 is 0 Å². The van der Waals surface area contributed by atoms with Crippen molar-refractivity contribution in [1.29, 1.82) is 0 Å². The lowest BCUT2D eigenvalue weighted by Gasteiger charge is -2.30. The molecule has 6 heteroatoms. The Labute approximate surface area is 168 Å². The predicted molar refractivity (Wildman–Crippen MR) is 108 cm³/mol.